The van der Waals surface area contributed by atoms with E-state index >= 15 is 0 Å². The Balaban J connectivity index is 1.87. The van der Waals surface area contributed by atoms with Crippen molar-refractivity contribution >= 4 is 11.9 Å². The van der Waals surface area contributed by atoms with E-state index < -0.39 is 11.7 Å². The zero-order valence-electron chi connectivity index (χ0n) is 13.3. The van der Waals surface area contributed by atoms with Gasteiger partial charge in [-0.15, -0.1) is 0 Å². The highest BCUT2D eigenvalue weighted by atomic mass is 16.6. The normalized spacial score (nSPS) is 11.5. The third kappa shape index (κ3) is 4.63. The Morgan fingerprint density at radius 2 is 2.18 bits per heavy atom. The van der Waals surface area contributed by atoms with Crippen molar-refractivity contribution in [1.82, 2.24) is 15.5 Å². The van der Waals surface area contributed by atoms with E-state index in [9.17, 15) is 4.79 Å². The number of H-pyrrole nitrogens is 1. The van der Waals surface area contributed by atoms with E-state index in [2.05, 4.69) is 20.8 Å². The van der Waals surface area contributed by atoms with Gasteiger partial charge in [-0.1, -0.05) is 0 Å². The van der Waals surface area contributed by atoms with Crippen LogP contribution in [0.4, 0.5) is 10.6 Å². The molecule has 0 fully saturated rings. The molecule has 0 spiro atoms. The van der Waals surface area contributed by atoms with Gasteiger partial charge in [-0.3, -0.25) is 10.4 Å². The molecule has 1 amide bonds. The van der Waals surface area contributed by atoms with E-state index in [1.807, 2.05) is 33.8 Å². The zero-order valence-corrected chi connectivity index (χ0v) is 13.3. The Labute approximate surface area is 129 Å². The Hall–Kier alpha value is -2.28. The quantitative estimate of drug-likeness (QED) is 0.790. The van der Waals surface area contributed by atoms with Gasteiger partial charge in [-0.2, -0.15) is 5.10 Å². The predicted molar refractivity (Wildman–Crippen MR) is 82.4 cm³/mol. The summed E-state index contributed by atoms with van der Waals surface area (Å²) in [5, 5.41) is 12.6. The first-order valence-electron chi connectivity index (χ1n) is 7.11. The molecule has 7 nitrogen and oxygen atoms in total. The number of rotatable bonds is 5. The molecule has 2 aromatic heterocycles. The predicted octanol–water partition coefficient (Wildman–Crippen LogP) is 2.95. The molecule has 0 aromatic carbocycles. The SMILES string of the molecule is Cc1ccoc1CNCc1cn[nH]c1NC(=O)OC(C)(C)C. The van der Waals surface area contributed by atoms with Crippen molar-refractivity contribution in [3.8, 4) is 0 Å². The number of furan rings is 1. The molecular weight excluding hydrogens is 284 g/mol. The molecule has 0 aliphatic heterocycles. The van der Waals surface area contributed by atoms with Gasteiger partial charge in [0.2, 0.25) is 0 Å². The van der Waals surface area contributed by atoms with Crippen LogP contribution in [0.5, 0.6) is 0 Å². The van der Waals surface area contributed by atoms with Crippen LogP contribution in [-0.2, 0) is 17.8 Å². The Morgan fingerprint density at radius 1 is 1.41 bits per heavy atom. The fraction of sp³-hybridized carbons (Fsp3) is 0.467. The molecular formula is C15H22N4O3. The second kappa shape index (κ2) is 6.65. The van der Waals surface area contributed by atoms with Gasteiger partial charge in [0, 0.05) is 12.1 Å². The molecule has 0 unspecified atom stereocenters. The Bertz CT molecular complexity index is 625. The number of nitrogens with zero attached hydrogens (tertiary/aromatic N) is 1. The fourth-order valence-corrected chi connectivity index (χ4v) is 1.85. The summed E-state index contributed by atoms with van der Waals surface area (Å²) in [6.07, 6.45) is 2.81. The number of amides is 1. The molecule has 2 heterocycles. The van der Waals surface area contributed by atoms with E-state index in [1.165, 1.54) is 0 Å². The summed E-state index contributed by atoms with van der Waals surface area (Å²) in [5.41, 5.74) is 1.40. The lowest BCUT2D eigenvalue weighted by atomic mass is 10.2. The van der Waals surface area contributed by atoms with Gasteiger partial charge < -0.3 is 14.5 Å². The third-order valence-electron chi connectivity index (χ3n) is 2.91. The van der Waals surface area contributed by atoms with Crippen LogP contribution < -0.4 is 10.6 Å². The van der Waals surface area contributed by atoms with E-state index in [0.717, 1.165) is 16.9 Å². The second-order valence-corrected chi connectivity index (χ2v) is 6.03. The molecule has 0 bridgehead atoms. The first-order valence-corrected chi connectivity index (χ1v) is 7.11. The van der Waals surface area contributed by atoms with Crippen molar-refractivity contribution in [3.05, 3.63) is 35.4 Å². The number of aryl methyl sites for hydroxylation is 1. The van der Waals surface area contributed by atoms with Crippen LogP contribution in [0.25, 0.3) is 0 Å². The molecule has 0 atom stereocenters. The van der Waals surface area contributed by atoms with Crippen molar-refractivity contribution in [2.24, 2.45) is 0 Å². The molecule has 0 aliphatic carbocycles. The monoisotopic (exact) mass is 306 g/mol. The van der Waals surface area contributed by atoms with Crippen molar-refractivity contribution in [3.63, 3.8) is 0 Å². The highest BCUT2D eigenvalue weighted by molar-refractivity contribution is 5.84. The number of aromatic nitrogens is 2. The zero-order chi connectivity index (χ0) is 16.2. The summed E-state index contributed by atoms with van der Waals surface area (Å²) < 4.78 is 10.6. The summed E-state index contributed by atoms with van der Waals surface area (Å²) in [5.74, 6) is 1.42. The molecule has 3 N–H and O–H groups in total. The number of hydrogen-bond donors (Lipinski definition) is 3. The van der Waals surface area contributed by atoms with Crippen LogP contribution >= 0.6 is 0 Å². The minimum atomic E-state index is -0.542. The van der Waals surface area contributed by atoms with E-state index in [0.29, 0.717) is 18.9 Å². The van der Waals surface area contributed by atoms with Gasteiger partial charge in [-0.25, -0.2) is 4.79 Å². The van der Waals surface area contributed by atoms with Gasteiger partial charge in [0.1, 0.15) is 17.2 Å². The standard InChI is InChI=1S/C15H22N4O3/c1-10-5-6-21-12(10)9-16-7-11-8-17-19-13(11)18-14(20)22-15(2,3)4/h5-6,8,16H,7,9H2,1-4H3,(H2,17,18,19,20). The lowest BCUT2D eigenvalue weighted by Crippen LogP contribution is -2.27. The lowest BCUT2D eigenvalue weighted by molar-refractivity contribution is 0.0635. The molecule has 2 rings (SSSR count). The maximum absolute atomic E-state index is 11.8. The number of nitrogens with one attached hydrogen (secondary N) is 3. The number of anilines is 1. The minimum Gasteiger partial charge on any atom is -0.468 e. The van der Waals surface area contributed by atoms with E-state index in [4.69, 9.17) is 9.15 Å². The average Bonchev–Trinajstić information content (AvgIpc) is 2.98. The summed E-state index contributed by atoms with van der Waals surface area (Å²) in [6, 6.07) is 1.92. The maximum Gasteiger partial charge on any atom is 0.413 e. The van der Waals surface area contributed by atoms with Crippen LogP contribution in [-0.4, -0.2) is 21.9 Å². The molecule has 0 saturated carbocycles. The van der Waals surface area contributed by atoms with Gasteiger partial charge in [-0.05, 0) is 39.3 Å². The third-order valence-corrected chi connectivity index (χ3v) is 2.91. The highest BCUT2D eigenvalue weighted by Crippen LogP contribution is 2.14. The number of hydrogen-bond acceptors (Lipinski definition) is 5. The van der Waals surface area contributed by atoms with Crippen LogP contribution in [0, 0.1) is 6.92 Å². The molecule has 2 aromatic rings. The van der Waals surface area contributed by atoms with Crippen LogP contribution in [0.2, 0.25) is 0 Å². The van der Waals surface area contributed by atoms with Gasteiger partial charge >= 0.3 is 6.09 Å². The number of ether oxygens (including phenoxy) is 1. The Kier molecular flexibility index (Phi) is 4.87. The topological polar surface area (TPSA) is 92.2 Å². The van der Waals surface area contributed by atoms with Crippen LogP contribution in [0.15, 0.2) is 22.9 Å². The number of carbonyl (C=O) groups excluding carboxylic acids is 1. The van der Waals surface area contributed by atoms with Gasteiger partial charge in [0.05, 0.1) is 19.0 Å². The van der Waals surface area contributed by atoms with Crippen LogP contribution in [0.1, 0.15) is 37.7 Å². The Morgan fingerprint density at radius 3 is 2.82 bits per heavy atom. The van der Waals surface area contributed by atoms with E-state index in [1.54, 1.807) is 12.5 Å². The molecule has 120 valence electrons. The second-order valence-electron chi connectivity index (χ2n) is 6.03. The van der Waals surface area contributed by atoms with Gasteiger partial charge in [0.25, 0.3) is 0 Å². The summed E-state index contributed by atoms with van der Waals surface area (Å²) in [6.45, 7) is 8.58. The average molecular weight is 306 g/mol. The van der Waals surface area contributed by atoms with Crippen molar-refractivity contribution in [2.75, 3.05) is 5.32 Å². The van der Waals surface area contributed by atoms with Crippen molar-refractivity contribution in [2.45, 2.75) is 46.4 Å². The number of aromatic amines is 1. The summed E-state index contributed by atoms with van der Waals surface area (Å²) >= 11 is 0. The summed E-state index contributed by atoms with van der Waals surface area (Å²) in [7, 11) is 0. The van der Waals surface area contributed by atoms with Crippen molar-refractivity contribution < 1.29 is 13.9 Å². The molecule has 0 aliphatic rings. The van der Waals surface area contributed by atoms with E-state index in [-0.39, 0.29) is 0 Å². The van der Waals surface area contributed by atoms with Crippen molar-refractivity contribution in [1.29, 1.82) is 0 Å². The highest BCUT2D eigenvalue weighted by Gasteiger charge is 2.17. The van der Waals surface area contributed by atoms with Gasteiger partial charge in [0.15, 0.2) is 0 Å². The maximum atomic E-state index is 11.8. The first kappa shape index (κ1) is 16.1. The molecule has 0 radical (unpaired) electrons. The lowest BCUT2D eigenvalue weighted by Gasteiger charge is -2.19. The first-order chi connectivity index (χ1) is 10.3. The molecule has 0 saturated heterocycles. The minimum absolute atomic E-state index is 0.514. The smallest absolute Gasteiger partial charge is 0.413 e. The molecule has 22 heavy (non-hydrogen) atoms. The largest absolute Gasteiger partial charge is 0.468 e. The van der Waals surface area contributed by atoms with Crippen LogP contribution in [0.3, 0.4) is 0 Å². The summed E-state index contributed by atoms with van der Waals surface area (Å²) in [4.78, 5) is 11.8. The molecule has 7 heteroatoms. The number of carbonyl (C=O) groups is 1. The fourth-order valence-electron chi connectivity index (χ4n) is 1.85.